The zero-order valence-corrected chi connectivity index (χ0v) is 14.7. The molecule has 3 heterocycles. The molecule has 1 saturated heterocycles. The average molecular weight is 354 g/mol. The summed E-state index contributed by atoms with van der Waals surface area (Å²) < 4.78 is 11.5. The molecule has 7 nitrogen and oxygen atoms in total. The third-order valence-electron chi connectivity index (χ3n) is 4.72. The van der Waals surface area contributed by atoms with Crippen LogP contribution < -0.4 is 14.8 Å². The fourth-order valence-electron chi connectivity index (χ4n) is 3.29. The number of aromatic nitrogens is 2. The number of nitrogens with one attached hydrogen (secondary N) is 1. The van der Waals surface area contributed by atoms with E-state index in [4.69, 9.17) is 9.47 Å². The molecular formula is C19H22N4O3. The maximum Gasteiger partial charge on any atom is 0.267 e. The van der Waals surface area contributed by atoms with Crippen LogP contribution in [0.5, 0.6) is 11.5 Å². The summed E-state index contributed by atoms with van der Waals surface area (Å²) in [7, 11) is 0. The van der Waals surface area contributed by atoms with Crippen LogP contribution >= 0.6 is 0 Å². The second-order valence-electron chi connectivity index (χ2n) is 6.63. The highest BCUT2D eigenvalue weighted by Crippen LogP contribution is 2.31. The van der Waals surface area contributed by atoms with Crippen LogP contribution in [-0.4, -0.2) is 52.6 Å². The Morgan fingerprint density at radius 2 is 1.96 bits per heavy atom. The van der Waals surface area contributed by atoms with Gasteiger partial charge in [0.25, 0.3) is 5.91 Å². The molecule has 1 amide bonds. The number of aryl methyl sites for hydroxylation is 1. The molecule has 2 aromatic rings. The zero-order chi connectivity index (χ0) is 17.9. The van der Waals surface area contributed by atoms with Gasteiger partial charge in [-0.2, -0.15) is 0 Å². The molecule has 1 N–H and O–H groups in total. The van der Waals surface area contributed by atoms with Gasteiger partial charge in [0.2, 0.25) is 12.1 Å². The SMILES string of the molecule is Cc1ccnc(NC2CCN(C(=O)C3COc4ccccc4O3)CC2)n1. The molecule has 0 radical (unpaired) electrons. The zero-order valence-electron chi connectivity index (χ0n) is 14.7. The number of piperidine rings is 1. The van der Waals surface area contributed by atoms with Crippen LogP contribution in [0.1, 0.15) is 18.5 Å². The summed E-state index contributed by atoms with van der Waals surface area (Å²) in [5.74, 6) is 1.96. The summed E-state index contributed by atoms with van der Waals surface area (Å²) in [5.41, 5.74) is 0.935. The lowest BCUT2D eigenvalue weighted by Crippen LogP contribution is -2.50. The number of hydrogen-bond acceptors (Lipinski definition) is 6. The Balaban J connectivity index is 1.31. The minimum Gasteiger partial charge on any atom is -0.485 e. The molecular weight excluding hydrogens is 332 g/mol. The van der Waals surface area contributed by atoms with Crippen molar-refractivity contribution in [3.8, 4) is 11.5 Å². The Hall–Kier alpha value is -2.83. The monoisotopic (exact) mass is 354 g/mol. The lowest BCUT2D eigenvalue weighted by Gasteiger charge is -2.35. The molecule has 0 bridgehead atoms. The molecule has 1 unspecified atom stereocenters. The van der Waals surface area contributed by atoms with Crippen molar-refractivity contribution in [2.24, 2.45) is 0 Å². The number of amides is 1. The number of anilines is 1. The third kappa shape index (κ3) is 3.56. The van der Waals surface area contributed by atoms with Gasteiger partial charge in [0.15, 0.2) is 11.5 Å². The smallest absolute Gasteiger partial charge is 0.267 e. The highest BCUT2D eigenvalue weighted by molar-refractivity contribution is 5.82. The van der Waals surface area contributed by atoms with Crippen molar-refractivity contribution >= 4 is 11.9 Å². The van der Waals surface area contributed by atoms with Crippen molar-refractivity contribution in [1.82, 2.24) is 14.9 Å². The van der Waals surface area contributed by atoms with Gasteiger partial charge in [0.1, 0.15) is 6.61 Å². The van der Waals surface area contributed by atoms with Crippen molar-refractivity contribution in [1.29, 1.82) is 0 Å². The number of rotatable bonds is 3. The number of likely N-dealkylation sites (tertiary alicyclic amines) is 1. The van der Waals surface area contributed by atoms with E-state index < -0.39 is 6.10 Å². The van der Waals surface area contributed by atoms with Crippen LogP contribution in [0.3, 0.4) is 0 Å². The van der Waals surface area contributed by atoms with Gasteiger partial charge in [-0.15, -0.1) is 0 Å². The highest BCUT2D eigenvalue weighted by atomic mass is 16.6. The van der Waals surface area contributed by atoms with Crippen LogP contribution in [-0.2, 0) is 4.79 Å². The number of para-hydroxylation sites is 2. The molecule has 1 fully saturated rings. The minimum atomic E-state index is -0.575. The molecule has 26 heavy (non-hydrogen) atoms. The number of carbonyl (C=O) groups is 1. The van der Waals surface area contributed by atoms with E-state index in [0.29, 0.717) is 30.5 Å². The third-order valence-corrected chi connectivity index (χ3v) is 4.72. The molecule has 2 aliphatic rings. The summed E-state index contributed by atoms with van der Waals surface area (Å²) in [4.78, 5) is 23.2. The number of nitrogens with zero attached hydrogens (tertiary/aromatic N) is 3. The Kier molecular flexibility index (Phi) is 4.60. The van der Waals surface area contributed by atoms with Gasteiger partial charge >= 0.3 is 0 Å². The first-order valence-corrected chi connectivity index (χ1v) is 8.92. The van der Waals surface area contributed by atoms with Gasteiger partial charge in [-0.25, -0.2) is 9.97 Å². The predicted molar refractivity (Wildman–Crippen MR) is 96.3 cm³/mol. The molecule has 1 atom stereocenters. The second-order valence-corrected chi connectivity index (χ2v) is 6.63. The quantitative estimate of drug-likeness (QED) is 0.909. The largest absolute Gasteiger partial charge is 0.485 e. The number of fused-ring (bicyclic) bond motifs is 1. The van der Waals surface area contributed by atoms with E-state index in [2.05, 4.69) is 15.3 Å². The van der Waals surface area contributed by atoms with E-state index >= 15 is 0 Å². The van der Waals surface area contributed by atoms with Crippen molar-refractivity contribution in [3.05, 3.63) is 42.2 Å². The van der Waals surface area contributed by atoms with Gasteiger partial charge in [0.05, 0.1) is 0 Å². The van der Waals surface area contributed by atoms with Gasteiger partial charge in [0, 0.05) is 31.0 Å². The summed E-state index contributed by atoms with van der Waals surface area (Å²) in [5, 5.41) is 3.36. The molecule has 1 aromatic carbocycles. The topological polar surface area (TPSA) is 76.6 Å². The molecule has 0 aliphatic carbocycles. The normalized spacial score (nSPS) is 19.9. The molecule has 2 aliphatic heterocycles. The van der Waals surface area contributed by atoms with Crippen molar-refractivity contribution < 1.29 is 14.3 Å². The Morgan fingerprint density at radius 1 is 1.19 bits per heavy atom. The van der Waals surface area contributed by atoms with Gasteiger partial charge in [-0.05, 0) is 38.0 Å². The van der Waals surface area contributed by atoms with Crippen molar-refractivity contribution in [3.63, 3.8) is 0 Å². The average Bonchev–Trinajstić information content (AvgIpc) is 2.68. The van der Waals surface area contributed by atoms with E-state index in [1.54, 1.807) is 6.20 Å². The highest BCUT2D eigenvalue weighted by Gasteiger charge is 2.33. The van der Waals surface area contributed by atoms with Crippen molar-refractivity contribution in [2.45, 2.75) is 31.9 Å². The Morgan fingerprint density at radius 3 is 2.73 bits per heavy atom. The second kappa shape index (κ2) is 7.19. The van der Waals surface area contributed by atoms with Crippen LogP contribution in [0, 0.1) is 6.92 Å². The minimum absolute atomic E-state index is 0.00948. The summed E-state index contributed by atoms with van der Waals surface area (Å²) in [6, 6.07) is 9.58. The molecule has 4 rings (SSSR count). The first-order valence-electron chi connectivity index (χ1n) is 8.92. The molecule has 7 heteroatoms. The predicted octanol–water partition coefficient (Wildman–Crippen LogP) is 2.03. The molecule has 136 valence electrons. The molecule has 1 aromatic heterocycles. The Bertz CT molecular complexity index is 790. The van der Waals surface area contributed by atoms with E-state index in [1.165, 1.54) is 0 Å². The fourth-order valence-corrected chi connectivity index (χ4v) is 3.29. The van der Waals surface area contributed by atoms with E-state index in [1.807, 2.05) is 42.2 Å². The molecule has 0 saturated carbocycles. The Labute approximate surface area is 152 Å². The maximum absolute atomic E-state index is 12.7. The van der Waals surface area contributed by atoms with Gasteiger partial charge in [-0.1, -0.05) is 12.1 Å². The first-order chi connectivity index (χ1) is 12.7. The summed E-state index contributed by atoms with van der Waals surface area (Å²) in [6.45, 7) is 3.57. The van der Waals surface area contributed by atoms with Crippen LogP contribution in [0.25, 0.3) is 0 Å². The van der Waals surface area contributed by atoms with Crippen molar-refractivity contribution in [2.75, 3.05) is 25.0 Å². The van der Waals surface area contributed by atoms with Crippen LogP contribution in [0.15, 0.2) is 36.5 Å². The lowest BCUT2D eigenvalue weighted by atomic mass is 10.0. The first kappa shape index (κ1) is 16.6. The number of ether oxygens (including phenoxy) is 2. The van der Waals surface area contributed by atoms with E-state index in [9.17, 15) is 4.79 Å². The molecule has 0 spiro atoms. The number of hydrogen-bond donors (Lipinski definition) is 1. The summed E-state index contributed by atoms with van der Waals surface area (Å²) in [6.07, 6.45) is 2.89. The standard InChI is InChI=1S/C19H22N4O3/c1-13-6-9-20-19(21-13)22-14-7-10-23(11-8-14)18(24)17-12-25-15-4-2-3-5-16(15)26-17/h2-6,9,14,17H,7-8,10-12H2,1H3,(H,20,21,22). The van der Waals surface area contributed by atoms with Gasteiger partial charge in [-0.3, -0.25) is 4.79 Å². The lowest BCUT2D eigenvalue weighted by molar-refractivity contribution is -0.142. The van der Waals surface area contributed by atoms with Crippen LogP contribution in [0.2, 0.25) is 0 Å². The maximum atomic E-state index is 12.7. The number of carbonyl (C=O) groups excluding carboxylic acids is 1. The van der Waals surface area contributed by atoms with E-state index in [-0.39, 0.29) is 18.6 Å². The van der Waals surface area contributed by atoms with Gasteiger partial charge < -0.3 is 19.7 Å². The van der Waals surface area contributed by atoms with Crippen LogP contribution in [0.4, 0.5) is 5.95 Å². The summed E-state index contributed by atoms with van der Waals surface area (Å²) >= 11 is 0. The number of benzene rings is 1. The fraction of sp³-hybridized carbons (Fsp3) is 0.421. The van der Waals surface area contributed by atoms with E-state index in [0.717, 1.165) is 18.5 Å².